The standard InChI is InChI=1S/C12H10ClN3/c13-10-6-4-9(5-7-10)12(16-14)11-3-1-2-8-15-11/h1-8H,14H2/b16-12+. The van der Waals surface area contributed by atoms with E-state index < -0.39 is 0 Å². The summed E-state index contributed by atoms with van der Waals surface area (Å²) >= 11 is 5.82. The molecule has 0 unspecified atom stereocenters. The van der Waals surface area contributed by atoms with Crippen LogP contribution in [-0.2, 0) is 0 Å². The van der Waals surface area contributed by atoms with Gasteiger partial charge in [-0.25, -0.2) is 0 Å². The Balaban J connectivity index is 2.42. The largest absolute Gasteiger partial charge is 0.323 e. The van der Waals surface area contributed by atoms with Crippen LogP contribution in [-0.4, -0.2) is 10.7 Å². The molecule has 3 nitrogen and oxygen atoms in total. The van der Waals surface area contributed by atoms with Crippen molar-refractivity contribution in [1.29, 1.82) is 0 Å². The van der Waals surface area contributed by atoms with Gasteiger partial charge in [0.15, 0.2) is 0 Å². The second-order valence-corrected chi connectivity index (χ2v) is 3.64. The average molecular weight is 232 g/mol. The number of nitrogens with zero attached hydrogens (tertiary/aromatic N) is 2. The van der Waals surface area contributed by atoms with Gasteiger partial charge in [0.25, 0.3) is 0 Å². The number of hydrazone groups is 1. The van der Waals surface area contributed by atoms with E-state index in [1.54, 1.807) is 18.3 Å². The molecule has 0 saturated carbocycles. The van der Waals surface area contributed by atoms with Gasteiger partial charge in [0.1, 0.15) is 5.71 Å². The number of benzene rings is 1. The van der Waals surface area contributed by atoms with Gasteiger partial charge in [-0.05, 0) is 24.3 Å². The topological polar surface area (TPSA) is 51.3 Å². The number of nitrogens with two attached hydrogens (primary N) is 1. The molecule has 80 valence electrons. The van der Waals surface area contributed by atoms with Gasteiger partial charge >= 0.3 is 0 Å². The molecular weight excluding hydrogens is 222 g/mol. The maximum atomic E-state index is 5.82. The molecule has 2 aromatic rings. The summed E-state index contributed by atoms with van der Waals surface area (Å²) in [5.41, 5.74) is 2.29. The molecule has 0 saturated heterocycles. The first-order valence-corrected chi connectivity index (χ1v) is 5.14. The van der Waals surface area contributed by atoms with Crippen LogP contribution >= 0.6 is 11.6 Å². The summed E-state index contributed by atoms with van der Waals surface area (Å²) in [7, 11) is 0. The minimum atomic E-state index is 0.650. The first kappa shape index (κ1) is 10.6. The fourth-order valence-electron chi connectivity index (χ4n) is 1.40. The minimum absolute atomic E-state index is 0.650. The molecule has 16 heavy (non-hydrogen) atoms. The number of pyridine rings is 1. The van der Waals surface area contributed by atoms with E-state index in [9.17, 15) is 0 Å². The fourth-order valence-corrected chi connectivity index (χ4v) is 1.53. The molecule has 4 heteroatoms. The lowest BCUT2D eigenvalue weighted by Gasteiger charge is -2.04. The number of halogens is 1. The Bertz CT molecular complexity index is 491. The lowest BCUT2D eigenvalue weighted by Crippen LogP contribution is -2.08. The average Bonchev–Trinajstić information content (AvgIpc) is 2.34. The first-order chi connectivity index (χ1) is 7.81. The highest BCUT2D eigenvalue weighted by molar-refractivity contribution is 6.30. The van der Waals surface area contributed by atoms with Crippen molar-refractivity contribution >= 4 is 17.3 Å². The van der Waals surface area contributed by atoms with Crippen LogP contribution in [0.5, 0.6) is 0 Å². The Morgan fingerprint density at radius 2 is 1.88 bits per heavy atom. The molecule has 1 heterocycles. The zero-order valence-electron chi connectivity index (χ0n) is 8.47. The van der Waals surface area contributed by atoms with Crippen molar-refractivity contribution in [2.75, 3.05) is 0 Å². The van der Waals surface area contributed by atoms with E-state index in [4.69, 9.17) is 17.4 Å². The minimum Gasteiger partial charge on any atom is -0.323 e. The molecule has 0 bridgehead atoms. The van der Waals surface area contributed by atoms with Crippen LogP contribution in [0.25, 0.3) is 0 Å². The Morgan fingerprint density at radius 1 is 1.12 bits per heavy atom. The van der Waals surface area contributed by atoms with Gasteiger partial charge in [0.2, 0.25) is 0 Å². The van der Waals surface area contributed by atoms with E-state index in [1.165, 1.54) is 0 Å². The second-order valence-electron chi connectivity index (χ2n) is 3.20. The van der Waals surface area contributed by atoms with Crippen molar-refractivity contribution in [3.63, 3.8) is 0 Å². The van der Waals surface area contributed by atoms with Crippen LogP contribution in [0.4, 0.5) is 0 Å². The van der Waals surface area contributed by atoms with Crippen molar-refractivity contribution in [1.82, 2.24) is 4.98 Å². The second kappa shape index (κ2) is 4.77. The molecule has 0 fully saturated rings. The quantitative estimate of drug-likeness (QED) is 0.490. The Kier molecular flexibility index (Phi) is 3.17. The van der Waals surface area contributed by atoms with Crippen molar-refractivity contribution in [2.24, 2.45) is 10.9 Å². The lowest BCUT2D eigenvalue weighted by molar-refractivity contribution is 1.21. The maximum Gasteiger partial charge on any atom is 0.115 e. The van der Waals surface area contributed by atoms with Gasteiger partial charge in [0, 0.05) is 16.8 Å². The molecule has 0 amide bonds. The molecule has 0 aliphatic rings. The van der Waals surface area contributed by atoms with Gasteiger partial charge in [-0.2, -0.15) is 5.10 Å². The number of rotatable bonds is 2. The van der Waals surface area contributed by atoms with Crippen LogP contribution in [0.3, 0.4) is 0 Å². The van der Waals surface area contributed by atoms with E-state index in [0.717, 1.165) is 11.3 Å². The van der Waals surface area contributed by atoms with Crippen LogP contribution in [0.2, 0.25) is 5.02 Å². The van der Waals surface area contributed by atoms with Gasteiger partial charge in [-0.15, -0.1) is 0 Å². The molecule has 0 aliphatic heterocycles. The third kappa shape index (κ3) is 2.20. The van der Waals surface area contributed by atoms with Crippen molar-refractivity contribution < 1.29 is 0 Å². The number of hydrogen-bond donors (Lipinski definition) is 1. The molecule has 2 rings (SSSR count). The van der Waals surface area contributed by atoms with Gasteiger partial charge in [0.05, 0.1) is 5.69 Å². The van der Waals surface area contributed by atoms with Crippen LogP contribution in [0.15, 0.2) is 53.8 Å². The Morgan fingerprint density at radius 3 is 2.44 bits per heavy atom. The molecule has 0 spiro atoms. The predicted octanol–water partition coefficient (Wildman–Crippen LogP) is 2.45. The van der Waals surface area contributed by atoms with Crippen LogP contribution < -0.4 is 5.84 Å². The summed E-state index contributed by atoms with van der Waals surface area (Å²) in [5, 5.41) is 4.45. The summed E-state index contributed by atoms with van der Waals surface area (Å²) in [6.07, 6.45) is 1.70. The third-order valence-corrected chi connectivity index (χ3v) is 2.41. The molecule has 0 radical (unpaired) electrons. The molecule has 1 aromatic carbocycles. The summed E-state index contributed by atoms with van der Waals surface area (Å²) in [4.78, 5) is 4.20. The van der Waals surface area contributed by atoms with E-state index in [1.807, 2.05) is 30.3 Å². The summed E-state index contributed by atoms with van der Waals surface area (Å²) in [5.74, 6) is 5.39. The normalized spacial score (nSPS) is 11.4. The van der Waals surface area contributed by atoms with Crippen molar-refractivity contribution in [3.05, 3.63) is 64.9 Å². The third-order valence-electron chi connectivity index (χ3n) is 2.15. The lowest BCUT2D eigenvalue weighted by atomic mass is 10.1. The molecule has 1 aromatic heterocycles. The first-order valence-electron chi connectivity index (χ1n) is 4.76. The summed E-state index contributed by atoms with van der Waals surface area (Å²) in [6, 6.07) is 12.9. The van der Waals surface area contributed by atoms with Crippen LogP contribution in [0.1, 0.15) is 11.3 Å². The van der Waals surface area contributed by atoms with E-state index in [0.29, 0.717) is 10.7 Å². The van der Waals surface area contributed by atoms with E-state index in [2.05, 4.69) is 10.1 Å². The number of aromatic nitrogens is 1. The van der Waals surface area contributed by atoms with Gasteiger partial charge in [-0.3, -0.25) is 4.98 Å². The SMILES string of the molecule is N/N=C(\c1ccc(Cl)cc1)c1ccccn1. The van der Waals surface area contributed by atoms with Crippen molar-refractivity contribution in [3.8, 4) is 0 Å². The van der Waals surface area contributed by atoms with Gasteiger partial charge < -0.3 is 5.84 Å². The fraction of sp³-hybridized carbons (Fsp3) is 0. The predicted molar refractivity (Wildman–Crippen MR) is 65.5 cm³/mol. The highest BCUT2D eigenvalue weighted by Gasteiger charge is 2.07. The van der Waals surface area contributed by atoms with Crippen molar-refractivity contribution in [2.45, 2.75) is 0 Å². The maximum absolute atomic E-state index is 5.82. The smallest absolute Gasteiger partial charge is 0.115 e. The van der Waals surface area contributed by atoms with E-state index in [-0.39, 0.29) is 0 Å². The number of hydrogen-bond acceptors (Lipinski definition) is 3. The zero-order valence-corrected chi connectivity index (χ0v) is 9.22. The highest BCUT2D eigenvalue weighted by Crippen LogP contribution is 2.13. The summed E-state index contributed by atoms with van der Waals surface area (Å²) < 4.78 is 0. The highest BCUT2D eigenvalue weighted by atomic mass is 35.5. The zero-order chi connectivity index (χ0) is 11.4. The van der Waals surface area contributed by atoms with Gasteiger partial charge in [-0.1, -0.05) is 29.8 Å². The molecule has 0 atom stereocenters. The van der Waals surface area contributed by atoms with Crippen LogP contribution in [0, 0.1) is 0 Å². The monoisotopic (exact) mass is 231 g/mol. The molecule has 0 aliphatic carbocycles. The Hall–Kier alpha value is -1.87. The Labute approximate surface area is 98.6 Å². The summed E-state index contributed by atoms with van der Waals surface area (Å²) in [6.45, 7) is 0. The van der Waals surface area contributed by atoms with E-state index >= 15 is 0 Å². The molecule has 2 N–H and O–H groups in total. The molecular formula is C12H10ClN3.